The molecule has 0 radical (unpaired) electrons. The summed E-state index contributed by atoms with van der Waals surface area (Å²) < 4.78 is 10.9. The lowest BCUT2D eigenvalue weighted by atomic mass is 9.83. The Morgan fingerprint density at radius 2 is 1.89 bits per heavy atom. The van der Waals surface area contributed by atoms with Crippen LogP contribution in [-0.2, 0) is 23.3 Å². The van der Waals surface area contributed by atoms with E-state index in [1.807, 2.05) is 72.7 Å². The van der Waals surface area contributed by atoms with Gasteiger partial charge in [-0.25, -0.2) is 4.98 Å². The van der Waals surface area contributed by atoms with Crippen LogP contribution in [0.3, 0.4) is 0 Å². The maximum absolute atomic E-state index is 13.6. The highest BCUT2D eigenvalue weighted by Crippen LogP contribution is 2.34. The number of thiazole rings is 1. The summed E-state index contributed by atoms with van der Waals surface area (Å²) in [7, 11) is 0. The molecule has 4 rings (SSSR count). The summed E-state index contributed by atoms with van der Waals surface area (Å²) in [4.78, 5) is 19.8. The maximum atomic E-state index is 13.6. The second-order valence-electron chi connectivity index (χ2n) is 7.27. The molecular formula is C22H22N2O3S. The quantitative estimate of drug-likeness (QED) is 0.623. The lowest BCUT2D eigenvalue weighted by Gasteiger charge is -2.32. The lowest BCUT2D eigenvalue weighted by Crippen LogP contribution is -2.42. The van der Waals surface area contributed by atoms with Gasteiger partial charge in [0.2, 0.25) is 12.7 Å². The van der Waals surface area contributed by atoms with Gasteiger partial charge in [0, 0.05) is 18.1 Å². The van der Waals surface area contributed by atoms with Gasteiger partial charge < -0.3 is 14.4 Å². The zero-order valence-corrected chi connectivity index (χ0v) is 16.7. The van der Waals surface area contributed by atoms with Crippen molar-refractivity contribution in [2.75, 3.05) is 6.79 Å². The van der Waals surface area contributed by atoms with Gasteiger partial charge in [-0.3, -0.25) is 4.79 Å². The summed E-state index contributed by atoms with van der Waals surface area (Å²) in [5, 5.41) is 2.85. The summed E-state index contributed by atoms with van der Waals surface area (Å²) in [6.07, 6.45) is 1.77. The van der Waals surface area contributed by atoms with Crippen molar-refractivity contribution < 1.29 is 14.3 Å². The van der Waals surface area contributed by atoms with Crippen LogP contribution < -0.4 is 9.47 Å². The van der Waals surface area contributed by atoms with Gasteiger partial charge in [-0.2, -0.15) is 0 Å². The first-order valence-corrected chi connectivity index (χ1v) is 10.0. The van der Waals surface area contributed by atoms with Crippen LogP contribution >= 0.6 is 11.3 Å². The molecule has 1 aliphatic rings. The second-order valence-corrected chi connectivity index (χ2v) is 8.24. The predicted octanol–water partition coefficient (Wildman–Crippen LogP) is 4.38. The van der Waals surface area contributed by atoms with Crippen molar-refractivity contribution in [3.63, 3.8) is 0 Å². The molecule has 144 valence electrons. The van der Waals surface area contributed by atoms with Crippen molar-refractivity contribution in [1.29, 1.82) is 0 Å². The fraction of sp³-hybridized carbons (Fsp3) is 0.273. The van der Waals surface area contributed by atoms with Gasteiger partial charge in [0.25, 0.3) is 0 Å². The molecule has 0 N–H and O–H groups in total. The molecule has 1 aromatic heterocycles. The lowest BCUT2D eigenvalue weighted by molar-refractivity contribution is -0.137. The molecule has 3 aromatic rings. The second kappa shape index (κ2) is 7.64. The van der Waals surface area contributed by atoms with Crippen molar-refractivity contribution in [3.8, 4) is 11.5 Å². The highest BCUT2D eigenvalue weighted by atomic mass is 32.1. The van der Waals surface area contributed by atoms with E-state index in [0.717, 1.165) is 27.6 Å². The molecule has 0 fully saturated rings. The zero-order chi connectivity index (χ0) is 19.6. The van der Waals surface area contributed by atoms with E-state index >= 15 is 0 Å². The molecule has 0 aliphatic carbocycles. The van der Waals surface area contributed by atoms with Crippen LogP contribution in [0.15, 0.2) is 60.1 Å². The number of hydrogen-bond acceptors (Lipinski definition) is 5. The van der Waals surface area contributed by atoms with Gasteiger partial charge in [-0.15, -0.1) is 11.3 Å². The van der Waals surface area contributed by atoms with Crippen molar-refractivity contribution in [2.45, 2.75) is 32.4 Å². The number of amides is 1. The molecule has 2 heterocycles. The summed E-state index contributed by atoms with van der Waals surface area (Å²) in [6.45, 7) is 5.13. The molecule has 0 unspecified atom stereocenters. The molecule has 2 aromatic carbocycles. The molecule has 1 aliphatic heterocycles. The van der Waals surface area contributed by atoms with Crippen molar-refractivity contribution >= 4 is 17.2 Å². The zero-order valence-electron chi connectivity index (χ0n) is 15.9. The molecule has 1 amide bonds. The average molecular weight is 394 g/mol. The molecule has 5 nitrogen and oxygen atoms in total. The van der Waals surface area contributed by atoms with Gasteiger partial charge in [0.1, 0.15) is 5.01 Å². The minimum Gasteiger partial charge on any atom is -0.454 e. The number of benzene rings is 2. The molecule has 28 heavy (non-hydrogen) atoms. The Labute approximate surface area is 168 Å². The average Bonchev–Trinajstić information content (AvgIpc) is 3.39. The monoisotopic (exact) mass is 394 g/mol. The summed E-state index contributed by atoms with van der Waals surface area (Å²) >= 11 is 1.56. The van der Waals surface area contributed by atoms with Gasteiger partial charge >= 0.3 is 0 Å². The number of rotatable bonds is 6. The Bertz CT molecular complexity index is 955. The molecule has 0 saturated heterocycles. The first-order valence-electron chi connectivity index (χ1n) is 9.16. The minimum atomic E-state index is -0.644. The van der Waals surface area contributed by atoms with Gasteiger partial charge in [0.05, 0.1) is 12.0 Å². The van der Waals surface area contributed by atoms with Crippen LogP contribution in [0.2, 0.25) is 0 Å². The SMILES string of the molecule is CC(C)(C(=O)N(Cc1ccc2c(c1)OCO2)Cc1nccs1)c1ccccc1. The van der Waals surface area contributed by atoms with Crippen LogP contribution in [0.5, 0.6) is 11.5 Å². The van der Waals surface area contributed by atoms with Crippen LogP contribution in [0.25, 0.3) is 0 Å². The van der Waals surface area contributed by atoms with E-state index in [-0.39, 0.29) is 12.7 Å². The third kappa shape index (κ3) is 3.73. The molecule has 6 heteroatoms. The van der Waals surface area contributed by atoms with E-state index in [0.29, 0.717) is 13.1 Å². The molecule has 0 bridgehead atoms. The number of aromatic nitrogens is 1. The summed E-state index contributed by atoms with van der Waals surface area (Å²) in [6, 6.07) is 15.7. The molecular weight excluding hydrogens is 372 g/mol. The Balaban J connectivity index is 1.62. The van der Waals surface area contributed by atoms with E-state index in [1.165, 1.54) is 0 Å². The normalized spacial score (nSPS) is 12.8. The Hall–Kier alpha value is -2.86. The first kappa shape index (κ1) is 18.5. The van der Waals surface area contributed by atoms with Gasteiger partial charge in [-0.1, -0.05) is 36.4 Å². The van der Waals surface area contributed by atoms with Crippen LogP contribution in [-0.4, -0.2) is 22.6 Å². The molecule has 0 atom stereocenters. The smallest absolute Gasteiger partial charge is 0.233 e. The van der Waals surface area contributed by atoms with Crippen LogP contribution in [0, 0.1) is 0 Å². The molecule has 0 spiro atoms. The van der Waals surface area contributed by atoms with E-state index in [2.05, 4.69) is 4.98 Å². The summed E-state index contributed by atoms with van der Waals surface area (Å²) in [5.74, 6) is 1.53. The third-order valence-electron chi connectivity index (χ3n) is 4.94. The topological polar surface area (TPSA) is 51.7 Å². The van der Waals surface area contributed by atoms with E-state index in [1.54, 1.807) is 17.5 Å². The van der Waals surface area contributed by atoms with Crippen molar-refractivity contribution in [2.24, 2.45) is 0 Å². The highest BCUT2D eigenvalue weighted by Gasteiger charge is 2.34. The van der Waals surface area contributed by atoms with Gasteiger partial charge in [-0.05, 0) is 37.1 Å². The molecule has 0 saturated carbocycles. The maximum Gasteiger partial charge on any atom is 0.233 e. The predicted molar refractivity (Wildman–Crippen MR) is 108 cm³/mol. The number of hydrogen-bond donors (Lipinski definition) is 0. The van der Waals surface area contributed by atoms with E-state index < -0.39 is 5.41 Å². The van der Waals surface area contributed by atoms with Crippen molar-refractivity contribution in [3.05, 3.63) is 76.2 Å². The number of ether oxygens (including phenoxy) is 2. The number of fused-ring (bicyclic) bond motifs is 1. The Kier molecular flexibility index (Phi) is 5.05. The minimum absolute atomic E-state index is 0.0616. The Morgan fingerprint density at radius 1 is 1.11 bits per heavy atom. The van der Waals surface area contributed by atoms with E-state index in [4.69, 9.17) is 9.47 Å². The highest BCUT2D eigenvalue weighted by molar-refractivity contribution is 7.09. The van der Waals surface area contributed by atoms with Crippen LogP contribution in [0.1, 0.15) is 30.0 Å². The number of carbonyl (C=O) groups is 1. The number of carbonyl (C=O) groups excluding carboxylic acids is 1. The van der Waals surface area contributed by atoms with Crippen LogP contribution in [0.4, 0.5) is 0 Å². The van der Waals surface area contributed by atoms with Gasteiger partial charge in [0.15, 0.2) is 11.5 Å². The fourth-order valence-corrected chi connectivity index (χ4v) is 3.96. The summed E-state index contributed by atoms with van der Waals surface area (Å²) in [5.41, 5.74) is 1.35. The van der Waals surface area contributed by atoms with Crippen molar-refractivity contribution in [1.82, 2.24) is 9.88 Å². The Morgan fingerprint density at radius 3 is 2.64 bits per heavy atom. The fourth-order valence-electron chi connectivity index (χ4n) is 3.33. The third-order valence-corrected chi connectivity index (χ3v) is 5.70. The standard InChI is InChI=1S/C22H22N2O3S/c1-22(2,17-6-4-3-5-7-17)21(25)24(14-20-23-10-11-28-20)13-16-8-9-18-19(12-16)27-15-26-18/h3-12H,13-15H2,1-2H3. The first-order chi connectivity index (χ1) is 13.5. The largest absolute Gasteiger partial charge is 0.454 e. The number of nitrogens with zero attached hydrogens (tertiary/aromatic N) is 2. The van der Waals surface area contributed by atoms with E-state index in [9.17, 15) is 4.79 Å².